The Balaban J connectivity index is 1.88. The van der Waals surface area contributed by atoms with Crippen LogP contribution in [0.5, 0.6) is 0 Å². The van der Waals surface area contributed by atoms with Gasteiger partial charge in [0.15, 0.2) is 0 Å². The predicted molar refractivity (Wildman–Crippen MR) is 91.2 cm³/mol. The second kappa shape index (κ2) is 7.92. The van der Waals surface area contributed by atoms with Crippen molar-refractivity contribution in [2.75, 3.05) is 20.6 Å². The van der Waals surface area contributed by atoms with Gasteiger partial charge < -0.3 is 9.73 Å². The number of aryl methyl sites for hydroxylation is 1. The molecule has 124 valence electrons. The summed E-state index contributed by atoms with van der Waals surface area (Å²) in [4.78, 5) is 18.5. The van der Waals surface area contributed by atoms with E-state index in [2.05, 4.69) is 10.3 Å². The number of amides is 1. The van der Waals surface area contributed by atoms with Gasteiger partial charge in [0, 0.05) is 18.5 Å². The fraction of sp³-hybridized carbons (Fsp3) is 0.444. The van der Waals surface area contributed by atoms with Gasteiger partial charge in [-0.25, -0.2) is 4.98 Å². The van der Waals surface area contributed by atoms with E-state index in [4.69, 9.17) is 4.42 Å². The predicted octanol–water partition coefficient (Wildman–Crippen LogP) is 2.65. The Morgan fingerprint density at radius 1 is 1.30 bits per heavy atom. The first kappa shape index (κ1) is 17.2. The van der Waals surface area contributed by atoms with Crippen molar-refractivity contribution in [2.45, 2.75) is 32.7 Å². The molecule has 0 unspecified atom stereocenters. The summed E-state index contributed by atoms with van der Waals surface area (Å²) < 4.78 is 5.52. The molecule has 0 bridgehead atoms. The average molecular weight is 315 g/mol. The molecular formula is C18H25N3O2. The number of carbonyl (C=O) groups is 1. The van der Waals surface area contributed by atoms with Crippen LogP contribution in [0.25, 0.3) is 11.5 Å². The summed E-state index contributed by atoms with van der Waals surface area (Å²) >= 11 is 0. The Morgan fingerprint density at radius 2 is 2.00 bits per heavy atom. The lowest BCUT2D eigenvalue weighted by atomic mass is 10.1. The van der Waals surface area contributed by atoms with Gasteiger partial charge in [-0.2, -0.15) is 0 Å². The van der Waals surface area contributed by atoms with Crippen molar-refractivity contribution in [1.82, 2.24) is 15.2 Å². The summed E-state index contributed by atoms with van der Waals surface area (Å²) in [5.41, 5.74) is 3.01. The van der Waals surface area contributed by atoms with Crippen molar-refractivity contribution < 1.29 is 9.21 Å². The maximum atomic E-state index is 12.1. The lowest BCUT2D eigenvalue weighted by Gasteiger charge is -2.21. The highest BCUT2D eigenvalue weighted by molar-refractivity contribution is 5.81. The van der Waals surface area contributed by atoms with Crippen molar-refractivity contribution in [2.24, 2.45) is 0 Å². The van der Waals surface area contributed by atoms with Gasteiger partial charge in [-0.15, -0.1) is 0 Å². The molecule has 1 amide bonds. The van der Waals surface area contributed by atoms with Gasteiger partial charge in [-0.05, 0) is 39.6 Å². The van der Waals surface area contributed by atoms with Gasteiger partial charge in [0.2, 0.25) is 11.8 Å². The molecule has 0 saturated carbocycles. The number of aromatic nitrogens is 1. The van der Waals surface area contributed by atoms with Crippen LogP contribution < -0.4 is 5.32 Å². The third kappa shape index (κ3) is 4.66. The Hall–Kier alpha value is -2.14. The molecule has 0 aliphatic carbocycles. The van der Waals surface area contributed by atoms with E-state index in [0.29, 0.717) is 18.9 Å². The van der Waals surface area contributed by atoms with E-state index in [1.165, 1.54) is 5.56 Å². The average Bonchev–Trinajstić information content (AvgIpc) is 2.97. The van der Waals surface area contributed by atoms with Gasteiger partial charge in [-0.1, -0.05) is 24.6 Å². The SMILES string of the molecule is CC[C@H](C(=O)NCCc1coc(-c2ccc(C)cc2)n1)N(C)C. The van der Waals surface area contributed by atoms with Gasteiger partial charge in [0.05, 0.1) is 11.7 Å². The van der Waals surface area contributed by atoms with Crippen LogP contribution in [0.4, 0.5) is 0 Å². The number of rotatable bonds is 7. The highest BCUT2D eigenvalue weighted by atomic mass is 16.3. The summed E-state index contributed by atoms with van der Waals surface area (Å²) in [6.07, 6.45) is 3.11. The van der Waals surface area contributed by atoms with Crippen molar-refractivity contribution in [3.63, 3.8) is 0 Å². The molecule has 5 heteroatoms. The van der Waals surface area contributed by atoms with Gasteiger partial charge in [0.25, 0.3) is 0 Å². The molecule has 2 aromatic rings. The fourth-order valence-corrected chi connectivity index (χ4v) is 2.47. The molecule has 1 atom stereocenters. The fourth-order valence-electron chi connectivity index (χ4n) is 2.47. The topological polar surface area (TPSA) is 58.4 Å². The molecule has 1 aromatic heterocycles. The third-order valence-electron chi connectivity index (χ3n) is 3.84. The number of nitrogens with one attached hydrogen (secondary N) is 1. The largest absolute Gasteiger partial charge is 0.444 e. The van der Waals surface area contributed by atoms with Crippen LogP contribution in [0.3, 0.4) is 0 Å². The van der Waals surface area contributed by atoms with E-state index in [-0.39, 0.29) is 11.9 Å². The summed E-state index contributed by atoms with van der Waals surface area (Å²) in [6, 6.07) is 7.97. The smallest absolute Gasteiger partial charge is 0.237 e. The van der Waals surface area contributed by atoms with E-state index in [0.717, 1.165) is 17.7 Å². The first-order valence-corrected chi connectivity index (χ1v) is 7.96. The van der Waals surface area contributed by atoms with Crippen molar-refractivity contribution >= 4 is 5.91 Å². The molecule has 0 radical (unpaired) electrons. The molecule has 5 nitrogen and oxygen atoms in total. The minimum atomic E-state index is -0.0876. The number of hydrogen-bond acceptors (Lipinski definition) is 4. The van der Waals surface area contributed by atoms with E-state index in [9.17, 15) is 4.79 Å². The molecule has 1 aromatic carbocycles. The molecule has 1 N–H and O–H groups in total. The second-order valence-corrected chi connectivity index (χ2v) is 5.94. The highest BCUT2D eigenvalue weighted by Crippen LogP contribution is 2.19. The van der Waals surface area contributed by atoms with Crippen LogP contribution in [-0.2, 0) is 11.2 Å². The first-order valence-electron chi connectivity index (χ1n) is 7.96. The van der Waals surface area contributed by atoms with E-state index < -0.39 is 0 Å². The molecule has 0 fully saturated rings. The summed E-state index contributed by atoms with van der Waals surface area (Å²) in [5, 5.41) is 2.96. The number of hydrogen-bond donors (Lipinski definition) is 1. The quantitative estimate of drug-likeness (QED) is 0.853. The minimum absolute atomic E-state index is 0.0553. The van der Waals surface area contributed by atoms with E-state index >= 15 is 0 Å². The normalized spacial score (nSPS) is 12.4. The number of nitrogens with zero attached hydrogens (tertiary/aromatic N) is 2. The Labute approximate surface area is 137 Å². The van der Waals surface area contributed by atoms with Crippen molar-refractivity contribution in [3.05, 3.63) is 41.8 Å². The van der Waals surface area contributed by atoms with E-state index in [1.807, 2.05) is 57.1 Å². The third-order valence-corrected chi connectivity index (χ3v) is 3.84. The van der Waals surface area contributed by atoms with Gasteiger partial charge in [0.1, 0.15) is 6.26 Å². The van der Waals surface area contributed by atoms with Gasteiger partial charge >= 0.3 is 0 Å². The molecule has 0 saturated heterocycles. The molecule has 1 heterocycles. The standard InChI is InChI=1S/C18H25N3O2/c1-5-16(21(3)4)17(22)19-11-10-15-12-23-18(20-15)14-8-6-13(2)7-9-14/h6-9,12,16H,5,10-11H2,1-4H3,(H,19,22)/t16-/m1/s1. The zero-order valence-electron chi connectivity index (χ0n) is 14.3. The molecule has 0 spiro atoms. The number of benzene rings is 1. The number of oxazole rings is 1. The van der Waals surface area contributed by atoms with Crippen LogP contribution in [0, 0.1) is 6.92 Å². The Morgan fingerprint density at radius 3 is 2.61 bits per heavy atom. The number of likely N-dealkylation sites (N-methyl/N-ethyl adjacent to an activating group) is 1. The van der Waals surface area contributed by atoms with Crippen LogP contribution in [0.2, 0.25) is 0 Å². The van der Waals surface area contributed by atoms with Crippen LogP contribution in [0.1, 0.15) is 24.6 Å². The number of carbonyl (C=O) groups excluding carboxylic acids is 1. The maximum Gasteiger partial charge on any atom is 0.237 e. The van der Waals surface area contributed by atoms with Crippen LogP contribution in [-0.4, -0.2) is 42.5 Å². The van der Waals surface area contributed by atoms with Crippen molar-refractivity contribution in [1.29, 1.82) is 0 Å². The Bertz CT molecular complexity index is 632. The zero-order valence-corrected chi connectivity index (χ0v) is 14.3. The molecule has 2 rings (SSSR count). The Kier molecular flexibility index (Phi) is 5.93. The highest BCUT2D eigenvalue weighted by Gasteiger charge is 2.17. The first-order chi connectivity index (χ1) is 11.0. The summed E-state index contributed by atoms with van der Waals surface area (Å²) in [7, 11) is 3.83. The zero-order chi connectivity index (χ0) is 16.8. The lowest BCUT2D eigenvalue weighted by Crippen LogP contribution is -2.43. The molecule has 0 aliphatic heterocycles. The maximum absolute atomic E-state index is 12.1. The second-order valence-electron chi connectivity index (χ2n) is 5.94. The van der Waals surface area contributed by atoms with E-state index in [1.54, 1.807) is 6.26 Å². The molecule has 0 aliphatic rings. The summed E-state index contributed by atoms with van der Waals surface area (Å²) in [6.45, 7) is 4.61. The monoisotopic (exact) mass is 315 g/mol. The lowest BCUT2D eigenvalue weighted by molar-refractivity contribution is -0.125. The van der Waals surface area contributed by atoms with Crippen LogP contribution >= 0.6 is 0 Å². The molecular weight excluding hydrogens is 290 g/mol. The minimum Gasteiger partial charge on any atom is -0.444 e. The van der Waals surface area contributed by atoms with Crippen molar-refractivity contribution in [3.8, 4) is 11.5 Å². The van der Waals surface area contributed by atoms with Gasteiger partial charge in [-0.3, -0.25) is 9.69 Å². The molecule has 23 heavy (non-hydrogen) atoms. The van der Waals surface area contributed by atoms with Crippen LogP contribution in [0.15, 0.2) is 34.9 Å². The summed E-state index contributed by atoms with van der Waals surface area (Å²) in [5.74, 6) is 0.672.